The standard InChI is InChI=1S/C16H23NO3S/c1-13-5-7-14(8-6-13)9-10-15(18)17-21(19,20)12-11-16(2,3)4/h5-10H,11-12H2,1-4H3,(H,17,18)/b10-9+. The molecule has 0 bridgehead atoms. The van der Waals surface area contributed by atoms with E-state index in [-0.39, 0.29) is 11.2 Å². The molecule has 0 spiro atoms. The van der Waals surface area contributed by atoms with E-state index in [1.807, 2.05) is 52.0 Å². The summed E-state index contributed by atoms with van der Waals surface area (Å²) in [4.78, 5) is 11.6. The van der Waals surface area contributed by atoms with Crippen molar-refractivity contribution in [2.45, 2.75) is 34.1 Å². The van der Waals surface area contributed by atoms with Crippen molar-refractivity contribution in [1.29, 1.82) is 0 Å². The summed E-state index contributed by atoms with van der Waals surface area (Å²) in [6.45, 7) is 7.85. The fourth-order valence-electron chi connectivity index (χ4n) is 1.53. The van der Waals surface area contributed by atoms with Crippen molar-refractivity contribution in [2.24, 2.45) is 5.41 Å². The smallest absolute Gasteiger partial charge is 0.257 e. The molecule has 0 aliphatic rings. The number of hydrogen-bond donors (Lipinski definition) is 1. The Morgan fingerprint density at radius 3 is 2.29 bits per heavy atom. The van der Waals surface area contributed by atoms with E-state index in [2.05, 4.69) is 4.72 Å². The van der Waals surface area contributed by atoms with E-state index in [0.29, 0.717) is 6.42 Å². The maximum Gasteiger partial charge on any atom is 0.257 e. The second kappa shape index (κ2) is 6.89. The van der Waals surface area contributed by atoms with Crippen LogP contribution in [-0.2, 0) is 14.8 Å². The number of sulfonamides is 1. The molecule has 0 aromatic heterocycles. The average molecular weight is 309 g/mol. The molecule has 5 heteroatoms. The van der Waals surface area contributed by atoms with Crippen LogP contribution in [0.3, 0.4) is 0 Å². The summed E-state index contributed by atoms with van der Waals surface area (Å²) in [6, 6.07) is 7.59. The molecule has 21 heavy (non-hydrogen) atoms. The second-order valence-electron chi connectivity index (χ2n) is 6.34. The zero-order chi connectivity index (χ0) is 16.1. The molecule has 0 radical (unpaired) electrons. The van der Waals surface area contributed by atoms with Crippen molar-refractivity contribution < 1.29 is 13.2 Å². The van der Waals surface area contributed by atoms with Crippen LogP contribution in [0.1, 0.15) is 38.3 Å². The Kier molecular flexibility index (Phi) is 5.72. The van der Waals surface area contributed by atoms with Gasteiger partial charge in [-0.05, 0) is 30.4 Å². The first kappa shape index (κ1) is 17.4. The number of amides is 1. The maximum absolute atomic E-state index is 11.8. The summed E-state index contributed by atoms with van der Waals surface area (Å²) in [7, 11) is -3.58. The van der Waals surface area contributed by atoms with Gasteiger partial charge in [-0.3, -0.25) is 4.79 Å². The van der Waals surface area contributed by atoms with Crippen molar-refractivity contribution in [3.05, 3.63) is 41.5 Å². The summed E-state index contributed by atoms with van der Waals surface area (Å²) < 4.78 is 25.6. The highest BCUT2D eigenvalue weighted by molar-refractivity contribution is 7.90. The third kappa shape index (κ3) is 7.66. The predicted molar refractivity (Wildman–Crippen MR) is 86.2 cm³/mol. The minimum Gasteiger partial charge on any atom is -0.269 e. The van der Waals surface area contributed by atoms with E-state index in [1.54, 1.807) is 6.08 Å². The Balaban J connectivity index is 2.58. The zero-order valence-corrected chi connectivity index (χ0v) is 13.8. The number of aryl methyl sites for hydroxylation is 1. The fourth-order valence-corrected chi connectivity index (χ4v) is 2.89. The molecule has 1 N–H and O–H groups in total. The quantitative estimate of drug-likeness (QED) is 0.851. The van der Waals surface area contributed by atoms with Crippen LogP contribution in [0.4, 0.5) is 0 Å². The summed E-state index contributed by atoms with van der Waals surface area (Å²) in [5, 5.41) is 0. The van der Waals surface area contributed by atoms with Crippen molar-refractivity contribution in [3.63, 3.8) is 0 Å². The minimum atomic E-state index is -3.58. The van der Waals surface area contributed by atoms with Crippen molar-refractivity contribution >= 4 is 22.0 Å². The molecule has 0 aliphatic heterocycles. The molecule has 1 aromatic carbocycles. The van der Waals surface area contributed by atoms with Crippen LogP contribution in [0.25, 0.3) is 6.08 Å². The van der Waals surface area contributed by atoms with Gasteiger partial charge in [-0.15, -0.1) is 0 Å². The molecule has 4 nitrogen and oxygen atoms in total. The van der Waals surface area contributed by atoms with Gasteiger partial charge in [0.1, 0.15) is 0 Å². The molecular formula is C16H23NO3S. The van der Waals surface area contributed by atoms with Crippen molar-refractivity contribution in [2.75, 3.05) is 5.75 Å². The van der Waals surface area contributed by atoms with E-state index in [9.17, 15) is 13.2 Å². The first-order valence-electron chi connectivity index (χ1n) is 6.87. The van der Waals surface area contributed by atoms with Crippen molar-refractivity contribution in [3.8, 4) is 0 Å². The third-order valence-corrected chi connectivity index (χ3v) is 4.14. The molecule has 0 unspecified atom stereocenters. The zero-order valence-electron chi connectivity index (χ0n) is 13.0. The topological polar surface area (TPSA) is 63.2 Å². The Hall–Kier alpha value is -1.62. The molecular weight excluding hydrogens is 286 g/mol. The molecule has 0 saturated carbocycles. The van der Waals surface area contributed by atoms with Crippen LogP contribution in [0.15, 0.2) is 30.3 Å². The summed E-state index contributed by atoms with van der Waals surface area (Å²) in [6.07, 6.45) is 3.32. The number of rotatable bonds is 5. The molecule has 116 valence electrons. The summed E-state index contributed by atoms with van der Waals surface area (Å²) >= 11 is 0. The van der Waals surface area contributed by atoms with Crippen LogP contribution in [0.5, 0.6) is 0 Å². The van der Waals surface area contributed by atoms with Crippen molar-refractivity contribution in [1.82, 2.24) is 4.72 Å². The van der Waals surface area contributed by atoms with Gasteiger partial charge >= 0.3 is 0 Å². The molecule has 0 atom stereocenters. The van der Waals surface area contributed by atoms with Gasteiger partial charge < -0.3 is 0 Å². The number of carbonyl (C=O) groups excluding carboxylic acids is 1. The van der Waals surface area contributed by atoms with Gasteiger partial charge in [0, 0.05) is 6.08 Å². The first-order chi connectivity index (χ1) is 9.57. The molecule has 1 amide bonds. The maximum atomic E-state index is 11.8. The van der Waals surface area contributed by atoms with Crippen LogP contribution >= 0.6 is 0 Å². The lowest BCUT2D eigenvalue weighted by Gasteiger charge is -2.17. The van der Waals surface area contributed by atoms with E-state index < -0.39 is 15.9 Å². The number of nitrogens with one attached hydrogen (secondary N) is 1. The highest BCUT2D eigenvalue weighted by Crippen LogP contribution is 2.18. The molecule has 0 aliphatic carbocycles. The number of carbonyl (C=O) groups is 1. The normalized spacial score (nSPS) is 12.6. The van der Waals surface area contributed by atoms with Gasteiger partial charge in [0.25, 0.3) is 5.91 Å². The lowest BCUT2D eigenvalue weighted by molar-refractivity contribution is -0.114. The van der Waals surface area contributed by atoms with Gasteiger partial charge in [-0.2, -0.15) is 0 Å². The van der Waals surface area contributed by atoms with Gasteiger partial charge in [-0.1, -0.05) is 50.6 Å². The van der Waals surface area contributed by atoms with Gasteiger partial charge in [-0.25, -0.2) is 13.1 Å². The predicted octanol–water partition coefficient (Wildman–Crippen LogP) is 2.89. The monoisotopic (exact) mass is 309 g/mol. The highest BCUT2D eigenvalue weighted by Gasteiger charge is 2.18. The molecule has 0 fully saturated rings. The minimum absolute atomic E-state index is 0.0549. The summed E-state index contributed by atoms with van der Waals surface area (Å²) in [5.74, 6) is -0.676. The summed E-state index contributed by atoms with van der Waals surface area (Å²) in [5.41, 5.74) is 1.89. The Bertz CT molecular complexity index is 608. The van der Waals surface area contributed by atoms with Crippen LogP contribution in [-0.4, -0.2) is 20.1 Å². The molecule has 0 saturated heterocycles. The van der Waals surface area contributed by atoms with E-state index in [1.165, 1.54) is 6.08 Å². The SMILES string of the molecule is Cc1ccc(/C=C/C(=O)NS(=O)(=O)CCC(C)(C)C)cc1. The van der Waals surface area contributed by atoms with Crippen LogP contribution < -0.4 is 4.72 Å². The largest absolute Gasteiger partial charge is 0.269 e. The Labute approximate surface area is 127 Å². The fraction of sp³-hybridized carbons (Fsp3) is 0.438. The van der Waals surface area contributed by atoms with E-state index in [4.69, 9.17) is 0 Å². The second-order valence-corrected chi connectivity index (χ2v) is 8.18. The third-order valence-electron chi connectivity index (χ3n) is 2.88. The van der Waals surface area contributed by atoms with Crippen LogP contribution in [0, 0.1) is 12.3 Å². The molecule has 1 rings (SSSR count). The van der Waals surface area contributed by atoms with Crippen LogP contribution in [0.2, 0.25) is 0 Å². The Morgan fingerprint density at radius 1 is 1.19 bits per heavy atom. The van der Waals surface area contributed by atoms with Gasteiger partial charge in [0.2, 0.25) is 10.0 Å². The lowest BCUT2D eigenvalue weighted by Crippen LogP contribution is -2.32. The Morgan fingerprint density at radius 2 is 1.76 bits per heavy atom. The first-order valence-corrected chi connectivity index (χ1v) is 8.52. The average Bonchev–Trinajstić information content (AvgIpc) is 2.35. The lowest BCUT2D eigenvalue weighted by atomic mass is 9.94. The molecule has 1 aromatic rings. The number of hydrogen-bond acceptors (Lipinski definition) is 3. The molecule has 0 heterocycles. The van der Waals surface area contributed by atoms with E-state index in [0.717, 1.165) is 11.1 Å². The highest BCUT2D eigenvalue weighted by atomic mass is 32.2. The van der Waals surface area contributed by atoms with E-state index >= 15 is 0 Å². The number of benzene rings is 1. The van der Waals surface area contributed by atoms with Gasteiger partial charge in [0.05, 0.1) is 5.75 Å². The van der Waals surface area contributed by atoms with Gasteiger partial charge in [0.15, 0.2) is 0 Å².